The summed E-state index contributed by atoms with van der Waals surface area (Å²) in [6.07, 6.45) is -4.77. The van der Waals surface area contributed by atoms with E-state index in [2.05, 4.69) is 15.3 Å². The normalized spacial score (nSPS) is 20.1. The van der Waals surface area contributed by atoms with Gasteiger partial charge < -0.3 is 35.2 Å². The summed E-state index contributed by atoms with van der Waals surface area (Å²) in [5.74, 6) is -3.19. The molecule has 0 aliphatic carbocycles. The number of hydrogen-bond donors (Lipinski definition) is 5. The molecule has 0 saturated carbocycles. The van der Waals surface area contributed by atoms with Crippen LogP contribution in [0.3, 0.4) is 0 Å². The molecule has 0 radical (unpaired) electrons. The van der Waals surface area contributed by atoms with Gasteiger partial charge in [0.1, 0.15) is 5.82 Å². The summed E-state index contributed by atoms with van der Waals surface area (Å²) in [5.41, 5.74) is -0.973. The van der Waals surface area contributed by atoms with Gasteiger partial charge >= 0.3 is 24.1 Å². The van der Waals surface area contributed by atoms with E-state index in [-0.39, 0.29) is 18.5 Å². The highest BCUT2D eigenvalue weighted by molar-refractivity contribution is 5.88. The molecule has 1 aromatic carbocycles. The summed E-state index contributed by atoms with van der Waals surface area (Å²) < 4.78 is 52.9. The SMILES string of the molecule is CCOc1cc(CN2CCCC2c2cc3n(n2)[C@@H](C(F)(F)F)C[C@@H](C)N3)ccc1OC.O=C(O)CC(O)(CC(=O)O)C(=O)O. The van der Waals surface area contributed by atoms with Gasteiger partial charge in [0, 0.05) is 18.7 Å². The fourth-order valence-electron chi connectivity index (χ4n) is 5.33. The topological polar surface area (TPSA) is 184 Å². The van der Waals surface area contributed by atoms with E-state index in [1.165, 1.54) is 0 Å². The van der Waals surface area contributed by atoms with Crippen LogP contribution in [0.15, 0.2) is 24.3 Å². The lowest BCUT2D eigenvalue weighted by Gasteiger charge is -2.31. The molecule has 3 atom stereocenters. The third-order valence-electron chi connectivity index (χ3n) is 7.30. The van der Waals surface area contributed by atoms with Crippen LogP contribution in [0.25, 0.3) is 0 Å². The summed E-state index contributed by atoms with van der Waals surface area (Å²) in [6.45, 7) is 5.78. The lowest BCUT2D eigenvalue weighted by atomic mass is 9.96. The average Bonchev–Trinajstić information content (AvgIpc) is 3.54. The van der Waals surface area contributed by atoms with Crippen LogP contribution in [0.5, 0.6) is 11.5 Å². The van der Waals surface area contributed by atoms with E-state index in [0.29, 0.717) is 36.2 Å². The minimum atomic E-state index is -4.32. The molecule has 5 N–H and O–H groups in total. The van der Waals surface area contributed by atoms with Crippen LogP contribution in [0, 0.1) is 0 Å². The molecule has 1 saturated heterocycles. The summed E-state index contributed by atoms with van der Waals surface area (Å²) in [5, 5.41) is 41.4. The maximum atomic E-state index is 13.6. The number of anilines is 1. The highest BCUT2D eigenvalue weighted by Crippen LogP contribution is 2.42. The Morgan fingerprint density at radius 3 is 2.30 bits per heavy atom. The molecule has 1 fully saturated rings. The lowest BCUT2D eigenvalue weighted by molar-refractivity contribution is -0.173. The molecule has 2 aromatic rings. The van der Waals surface area contributed by atoms with Crippen LogP contribution >= 0.6 is 0 Å². The Kier molecular flexibility index (Phi) is 11.1. The number of aromatic nitrogens is 2. The molecule has 0 amide bonds. The third kappa shape index (κ3) is 8.53. The van der Waals surface area contributed by atoms with Gasteiger partial charge in [-0.15, -0.1) is 0 Å². The van der Waals surface area contributed by atoms with Crippen molar-refractivity contribution >= 4 is 23.7 Å². The molecule has 2 aliphatic heterocycles. The fourth-order valence-corrected chi connectivity index (χ4v) is 5.33. The van der Waals surface area contributed by atoms with Crippen molar-refractivity contribution < 1.29 is 57.5 Å². The standard InChI is InChI=1S/C22H29F3N4O2.C6H8O7/c1-4-31-19-11-15(7-8-18(19)30-3)13-28-9-5-6-17(28)16-12-21-26-14(2)10-20(22(23,24)25)29(21)27-16;7-3(8)1-6(13,5(11)12)2-4(9)10/h7-8,11-12,14,17,20,26H,4-6,9-10,13H2,1-3H3;13H,1-2H2,(H,7,8)(H,9,10)(H,11,12)/t14-,17?,20-;/m1./s1. The highest BCUT2D eigenvalue weighted by Gasteiger charge is 2.46. The van der Waals surface area contributed by atoms with Gasteiger partial charge in [0.2, 0.25) is 0 Å². The second-order valence-electron chi connectivity index (χ2n) is 10.8. The van der Waals surface area contributed by atoms with Gasteiger partial charge in [0.25, 0.3) is 0 Å². The van der Waals surface area contributed by atoms with Crippen molar-refractivity contribution in [3.05, 3.63) is 35.5 Å². The molecule has 0 bridgehead atoms. The van der Waals surface area contributed by atoms with Crippen LogP contribution < -0.4 is 14.8 Å². The van der Waals surface area contributed by atoms with Gasteiger partial charge in [-0.05, 0) is 57.4 Å². The Morgan fingerprint density at radius 1 is 1.09 bits per heavy atom. The number of likely N-dealkylation sites (tertiary alicyclic amines) is 1. The fraction of sp³-hybridized carbons (Fsp3) is 0.571. The molecule has 0 spiro atoms. The zero-order chi connectivity index (χ0) is 32.8. The third-order valence-corrected chi connectivity index (χ3v) is 7.30. The number of rotatable bonds is 11. The number of carbonyl (C=O) groups is 3. The summed E-state index contributed by atoms with van der Waals surface area (Å²) in [7, 11) is 1.61. The average molecular weight is 631 g/mol. The highest BCUT2D eigenvalue weighted by atomic mass is 19.4. The quantitative estimate of drug-likeness (QED) is 0.243. The Bertz CT molecular complexity index is 1320. The van der Waals surface area contributed by atoms with E-state index in [4.69, 9.17) is 29.9 Å². The van der Waals surface area contributed by atoms with Crippen molar-refractivity contribution in [2.75, 3.05) is 25.6 Å². The number of carboxylic acids is 3. The predicted octanol–water partition coefficient (Wildman–Crippen LogP) is 3.69. The maximum Gasteiger partial charge on any atom is 0.410 e. The molecular weight excluding hydrogens is 593 g/mol. The molecular formula is C28H37F3N4O9. The number of aliphatic carboxylic acids is 3. The van der Waals surface area contributed by atoms with Gasteiger partial charge in [-0.2, -0.15) is 18.3 Å². The first-order chi connectivity index (χ1) is 20.6. The predicted molar refractivity (Wildman–Crippen MR) is 149 cm³/mol. The molecule has 4 rings (SSSR count). The second kappa shape index (κ2) is 14.2. The Hall–Kier alpha value is -4.05. The van der Waals surface area contributed by atoms with Crippen LogP contribution in [0.4, 0.5) is 19.0 Å². The molecule has 13 nitrogen and oxygen atoms in total. The first kappa shape index (κ1) is 34.4. The van der Waals surface area contributed by atoms with Crippen LogP contribution in [0.2, 0.25) is 0 Å². The van der Waals surface area contributed by atoms with Gasteiger partial charge in [0.05, 0.1) is 38.3 Å². The number of hydrogen-bond acceptors (Lipinski definition) is 9. The second-order valence-corrected chi connectivity index (χ2v) is 10.8. The number of halogens is 3. The van der Waals surface area contributed by atoms with Crippen LogP contribution in [-0.2, 0) is 20.9 Å². The van der Waals surface area contributed by atoms with E-state index < -0.39 is 48.6 Å². The molecule has 2 aliphatic rings. The summed E-state index contributed by atoms with van der Waals surface area (Å²) in [6, 6.07) is 5.80. The minimum Gasteiger partial charge on any atom is -0.493 e. The van der Waals surface area contributed by atoms with Gasteiger partial charge in [-0.1, -0.05) is 6.07 Å². The first-order valence-electron chi connectivity index (χ1n) is 13.9. The minimum absolute atomic E-state index is 0.0123. The van der Waals surface area contributed by atoms with Gasteiger partial charge in [0.15, 0.2) is 23.1 Å². The number of fused-ring (bicyclic) bond motifs is 1. The zero-order valence-corrected chi connectivity index (χ0v) is 24.5. The number of carboxylic acid groups (broad SMARTS) is 3. The van der Waals surface area contributed by atoms with Crippen molar-refractivity contribution in [3.63, 3.8) is 0 Å². The largest absolute Gasteiger partial charge is 0.493 e. The van der Waals surface area contributed by atoms with E-state index >= 15 is 0 Å². The number of alkyl halides is 3. The van der Waals surface area contributed by atoms with E-state index in [0.717, 1.165) is 29.6 Å². The summed E-state index contributed by atoms with van der Waals surface area (Å²) >= 11 is 0. The van der Waals surface area contributed by atoms with Crippen molar-refractivity contribution in [1.29, 1.82) is 0 Å². The molecule has 1 aromatic heterocycles. The number of ether oxygens (including phenoxy) is 2. The number of nitrogens with zero attached hydrogens (tertiary/aromatic N) is 3. The Labute approximate surface area is 251 Å². The van der Waals surface area contributed by atoms with Crippen molar-refractivity contribution in [2.45, 2.75) is 82.4 Å². The van der Waals surface area contributed by atoms with Crippen molar-refractivity contribution in [1.82, 2.24) is 14.7 Å². The maximum absolute atomic E-state index is 13.6. The first-order valence-corrected chi connectivity index (χ1v) is 13.9. The monoisotopic (exact) mass is 630 g/mol. The smallest absolute Gasteiger partial charge is 0.410 e. The molecule has 3 heterocycles. The Balaban J connectivity index is 0.000000345. The number of nitrogens with one attached hydrogen (secondary N) is 1. The van der Waals surface area contributed by atoms with Gasteiger partial charge in [-0.25, -0.2) is 9.48 Å². The molecule has 44 heavy (non-hydrogen) atoms. The molecule has 244 valence electrons. The van der Waals surface area contributed by atoms with Gasteiger partial charge in [-0.3, -0.25) is 14.5 Å². The van der Waals surface area contributed by atoms with E-state index in [1.807, 2.05) is 25.1 Å². The van der Waals surface area contributed by atoms with E-state index in [1.54, 1.807) is 20.1 Å². The molecule has 16 heteroatoms. The number of methoxy groups -OCH3 is 1. The van der Waals surface area contributed by atoms with Crippen molar-refractivity contribution in [2.24, 2.45) is 0 Å². The summed E-state index contributed by atoms with van der Waals surface area (Å²) in [4.78, 5) is 32.8. The Morgan fingerprint density at radius 2 is 1.75 bits per heavy atom. The zero-order valence-electron chi connectivity index (χ0n) is 24.5. The lowest BCUT2D eigenvalue weighted by Crippen LogP contribution is -2.42. The van der Waals surface area contributed by atoms with E-state index in [9.17, 15) is 27.6 Å². The number of aliphatic hydroxyl groups is 1. The van der Waals surface area contributed by atoms with Crippen LogP contribution in [-0.4, -0.2) is 91.1 Å². The van der Waals surface area contributed by atoms with Crippen LogP contribution in [0.1, 0.15) is 69.3 Å². The van der Waals surface area contributed by atoms with Crippen molar-refractivity contribution in [3.8, 4) is 11.5 Å². The molecule has 1 unspecified atom stereocenters. The number of benzene rings is 1.